The van der Waals surface area contributed by atoms with Crippen molar-refractivity contribution in [1.29, 1.82) is 0 Å². The molecule has 17 heavy (non-hydrogen) atoms. The van der Waals surface area contributed by atoms with E-state index in [0.29, 0.717) is 5.69 Å². The van der Waals surface area contributed by atoms with Crippen LogP contribution in [0.1, 0.15) is 0 Å². The van der Waals surface area contributed by atoms with Gasteiger partial charge in [-0.05, 0) is 18.2 Å². The average molecular weight is 229 g/mol. The Balaban J connectivity index is 2.40. The molecule has 86 valence electrons. The molecule has 1 aromatic carbocycles. The average Bonchev–Trinajstić information content (AvgIpc) is 2.27. The predicted molar refractivity (Wildman–Crippen MR) is 66.6 cm³/mol. The highest BCUT2D eigenvalue weighted by Gasteiger charge is 1.97. The number of aromatic nitrogens is 2. The highest BCUT2D eigenvalue weighted by molar-refractivity contribution is 5.94. The molecule has 0 bridgehead atoms. The molecule has 7 nitrogen and oxygen atoms in total. The molecule has 0 radical (unpaired) electrons. The number of hydrogen-bond acceptors (Lipinski definition) is 3. The van der Waals surface area contributed by atoms with Crippen LogP contribution >= 0.6 is 0 Å². The second-order valence-corrected chi connectivity index (χ2v) is 3.27. The van der Waals surface area contributed by atoms with E-state index in [1.807, 2.05) is 6.07 Å². The van der Waals surface area contributed by atoms with E-state index in [1.165, 1.54) is 6.33 Å². The molecule has 1 aromatic heterocycles. The number of aliphatic imine (C=N–C) groups is 2. The van der Waals surface area contributed by atoms with Gasteiger partial charge < -0.3 is 17.2 Å². The first-order valence-electron chi connectivity index (χ1n) is 4.79. The molecule has 7 heteroatoms. The van der Waals surface area contributed by atoms with E-state index in [4.69, 9.17) is 17.2 Å². The first-order valence-corrected chi connectivity index (χ1v) is 4.79. The van der Waals surface area contributed by atoms with Gasteiger partial charge in [0.1, 0.15) is 6.33 Å². The van der Waals surface area contributed by atoms with Gasteiger partial charge in [-0.1, -0.05) is 0 Å². The molecule has 0 saturated heterocycles. The van der Waals surface area contributed by atoms with E-state index in [-0.39, 0.29) is 11.9 Å². The van der Waals surface area contributed by atoms with E-state index >= 15 is 0 Å². The van der Waals surface area contributed by atoms with Crippen molar-refractivity contribution < 1.29 is 0 Å². The van der Waals surface area contributed by atoms with Gasteiger partial charge >= 0.3 is 0 Å². The summed E-state index contributed by atoms with van der Waals surface area (Å²) in [5.41, 5.74) is 17.4. The lowest BCUT2D eigenvalue weighted by Gasteiger charge is -1.98. The first kappa shape index (κ1) is 10.8. The van der Waals surface area contributed by atoms with Gasteiger partial charge in [0.25, 0.3) is 0 Å². The fraction of sp³-hybridized carbons (Fsp3) is 0. The summed E-state index contributed by atoms with van der Waals surface area (Å²) in [6, 6.07) is 5.38. The summed E-state index contributed by atoms with van der Waals surface area (Å²) in [5.74, 6) is -0.128. The van der Waals surface area contributed by atoms with Crippen LogP contribution in [0.4, 0.5) is 5.69 Å². The van der Waals surface area contributed by atoms with Crippen molar-refractivity contribution >= 4 is 28.5 Å². The third kappa shape index (κ3) is 2.65. The fourth-order valence-corrected chi connectivity index (χ4v) is 1.33. The lowest BCUT2D eigenvalue weighted by atomic mass is 10.2. The Kier molecular flexibility index (Phi) is 2.82. The smallest absolute Gasteiger partial charge is 0.223 e. The molecule has 0 aliphatic heterocycles. The molecular formula is C10H11N7. The van der Waals surface area contributed by atoms with Crippen molar-refractivity contribution in [1.82, 2.24) is 9.97 Å². The van der Waals surface area contributed by atoms with Crippen LogP contribution in [0, 0.1) is 0 Å². The van der Waals surface area contributed by atoms with E-state index in [1.54, 1.807) is 18.3 Å². The highest BCUT2D eigenvalue weighted by atomic mass is 15.1. The zero-order valence-corrected chi connectivity index (χ0v) is 8.91. The van der Waals surface area contributed by atoms with Gasteiger partial charge in [0.15, 0.2) is 5.96 Å². The molecule has 0 unspecified atom stereocenters. The summed E-state index contributed by atoms with van der Waals surface area (Å²) in [7, 11) is 0. The van der Waals surface area contributed by atoms with Crippen molar-refractivity contribution in [3.63, 3.8) is 0 Å². The molecule has 2 aromatic rings. The number of benzene rings is 1. The Morgan fingerprint density at radius 2 is 2.00 bits per heavy atom. The maximum absolute atomic E-state index is 5.52. The Bertz CT molecular complexity index is 598. The topological polar surface area (TPSA) is 129 Å². The minimum atomic E-state index is -0.129. The third-order valence-corrected chi connectivity index (χ3v) is 1.98. The van der Waals surface area contributed by atoms with Crippen LogP contribution in [0.15, 0.2) is 40.7 Å². The van der Waals surface area contributed by atoms with Crippen LogP contribution in [0.25, 0.3) is 10.9 Å². The molecule has 0 saturated carbocycles. The van der Waals surface area contributed by atoms with Gasteiger partial charge in [-0.25, -0.2) is 15.0 Å². The summed E-state index contributed by atoms with van der Waals surface area (Å²) in [6.45, 7) is 0. The Labute approximate surface area is 97.1 Å². The lowest BCUT2D eigenvalue weighted by molar-refractivity contribution is 1.22. The molecule has 2 rings (SSSR count). The summed E-state index contributed by atoms with van der Waals surface area (Å²) in [6.07, 6.45) is 3.18. The molecule has 0 atom stereocenters. The maximum atomic E-state index is 5.52. The van der Waals surface area contributed by atoms with E-state index < -0.39 is 0 Å². The zero-order chi connectivity index (χ0) is 12.3. The minimum absolute atomic E-state index is 0.00111. The standard InChI is InChI=1S/C10H11N7/c11-9(12)17-10(13)16-7-1-2-8-6(3-7)4-14-5-15-8/h1-5H,(H6,11,12,13,16,17). The van der Waals surface area contributed by atoms with Crippen molar-refractivity contribution in [3.8, 4) is 0 Å². The SMILES string of the molecule is NC(N)=NC(N)=Nc1ccc2ncncc2c1. The summed E-state index contributed by atoms with van der Waals surface area (Å²) < 4.78 is 0. The zero-order valence-electron chi connectivity index (χ0n) is 8.91. The maximum Gasteiger partial charge on any atom is 0.223 e. The lowest BCUT2D eigenvalue weighted by Crippen LogP contribution is -2.26. The Morgan fingerprint density at radius 1 is 1.18 bits per heavy atom. The Morgan fingerprint density at radius 3 is 2.76 bits per heavy atom. The molecule has 6 N–H and O–H groups in total. The second-order valence-electron chi connectivity index (χ2n) is 3.27. The largest absolute Gasteiger partial charge is 0.370 e. The van der Waals surface area contributed by atoms with Gasteiger partial charge in [0.2, 0.25) is 5.96 Å². The number of rotatable bonds is 1. The number of guanidine groups is 2. The molecule has 0 fully saturated rings. The van der Waals surface area contributed by atoms with Crippen LogP contribution in [0.2, 0.25) is 0 Å². The van der Waals surface area contributed by atoms with Gasteiger partial charge in [-0.2, -0.15) is 4.99 Å². The quantitative estimate of drug-likeness (QED) is 0.462. The van der Waals surface area contributed by atoms with Crippen LogP contribution in [-0.2, 0) is 0 Å². The molecule has 0 aliphatic rings. The molecular weight excluding hydrogens is 218 g/mol. The van der Waals surface area contributed by atoms with Crippen molar-refractivity contribution in [2.75, 3.05) is 0 Å². The Hall–Kier alpha value is -2.70. The normalized spacial score (nSPS) is 11.4. The van der Waals surface area contributed by atoms with Crippen LogP contribution in [-0.4, -0.2) is 21.9 Å². The third-order valence-electron chi connectivity index (χ3n) is 1.98. The fourth-order valence-electron chi connectivity index (χ4n) is 1.33. The van der Waals surface area contributed by atoms with Gasteiger partial charge in [-0.15, -0.1) is 0 Å². The summed E-state index contributed by atoms with van der Waals surface area (Å²) >= 11 is 0. The number of nitrogens with two attached hydrogens (primary N) is 3. The van der Waals surface area contributed by atoms with Crippen molar-refractivity contribution in [3.05, 3.63) is 30.7 Å². The molecule has 0 aliphatic carbocycles. The van der Waals surface area contributed by atoms with Crippen LogP contribution in [0.5, 0.6) is 0 Å². The molecule has 0 amide bonds. The second kappa shape index (κ2) is 4.44. The van der Waals surface area contributed by atoms with E-state index in [9.17, 15) is 0 Å². The van der Waals surface area contributed by atoms with Crippen LogP contribution in [0.3, 0.4) is 0 Å². The monoisotopic (exact) mass is 229 g/mol. The summed E-state index contributed by atoms with van der Waals surface area (Å²) in [5, 5.41) is 0.867. The summed E-state index contributed by atoms with van der Waals surface area (Å²) in [4.78, 5) is 15.7. The van der Waals surface area contributed by atoms with Gasteiger partial charge in [-0.3, -0.25) is 0 Å². The minimum Gasteiger partial charge on any atom is -0.370 e. The number of hydrogen-bond donors (Lipinski definition) is 3. The van der Waals surface area contributed by atoms with Gasteiger partial charge in [0.05, 0.1) is 11.2 Å². The van der Waals surface area contributed by atoms with Crippen molar-refractivity contribution in [2.45, 2.75) is 0 Å². The first-order chi connectivity index (χ1) is 8.15. The number of nitrogens with zero attached hydrogens (tertiary/aromatic N) is 4. The molecule has 0 spiro atoms. The van der Waals surface area contributed by atoms with Crippen LogP contribution < -0.4 is 17.2 Å². The van der Waals surface area contributed by atoms with Gasteiger partial charge in [0, 0.05) is 11.6 Å². The predicted octanol–water partition coefficient (Wildman–Crippen LogP) is -0.151. The highest BCUT2D eigenvalue weighted by Crippen LogP contribution is 2.18. The van der Waals surface area contributed by atoms with Crippen molar-refractivity contribution in [2.24, 2.45) is 27.2 Å². The molecule has 1 heterocycles. The van der Waals surface area contributed by atoms with E-state index in [2.05, 4.69) is 20.0 Å². The van der Waals surface area contributed by atoms with E-state index in [0.717, 1.165) is 10.9 Å². The number of fused-ring (bicyclic) bond motifs is 1.